The minimum absolute atomic E-state index is 0.163. The number of hydrogen-bond acceptors (Lipinski definition) is 3. The highest BCUT2D eigenvalue weighted by molar-refractivity contribution is 9.10. The van der Waals surface area contributed by atoms with Gasteiger partial charge >= 0.3 is 0 Å². The van der Waals surface area contributed by atoms with E-state index in [-0.39, 0.29) is 17.5 Å². The maximum Gasteiger partial charge on any atom is 0.243 e. The van der Waals surface area contributed by atoms with Gasteiger partial charge in [-0.3, -0.25) is 4.79 Å². The summed E-state index contributed by atoms with van der Waals surface area (Å²) >= 11 is 3.31. The van der Waals surface area contributed by atoms with Crippen molar-refractivity contribution in [1.82, 2.24) is 4.31 Å². The highest BCUT2D eigenvalue weighted by Gasteiger charge is 2.33. The molecule has 5 nitrogen and oxygen atoms in total. The Morgan fingerprint density at radius 2 is 1.64 bits per heavy atom. The number of amides is 1. The molecule has 0 saturated heterocycles. The first kappa shape index (κ1) is 21.0. The number of nitrogens with zero attached hydrogens (tertiary/aromatic N) is 1. The third-order valence-corrected chi connectivity index (χ3v) is 7.27. The molecule has 2 aromatic rings. The second-order valence-electron chi connectivity index (χ2n) is 6.85. The standard InChI is InChI=1S/C20H22BrFN2O3S/c21-15-6-12-19(13-7-15)28(26,27)24(18-4-2-1-3-5-18)14-20(25)23-17-10-8-16(22)9-11-17/h6-13,18H,1-5,14H2,(H,23,25). The van der Waals surface area contributed by atoms with Gasteiger partial charge in [-0.25, -0.2) is 12.8 Å². The van der Waals surface area contributed by atoms with E-state index in [1.54, 1.807) is 12.1 Å². The Balaban J connectivity index is 1.83. The number of anilines is 1. The van der Waals surface area contributed by atoms with Crippen LogP contribution >= 0.6 is 15.9 Å². The summed E-state index contributed by atoms with van der Waals surface area (Å²) in [5.41, 5.74) is 0.427. The largest absolute Gasteiger partial charge is 0.325 e. The van der Waals surface area contributed by atoms with Crippen LogP contribution in [0.3, 0.4) is 0 Å². The van der Waals surface area contributed by atoms with Crippen LogP contribution in [-0.4, -0.2) is 31.2 Å². The third-order valence-electron chi connectivity index (χ3n) is 4.83. The Labute approximate surface area is 173 Å². The Kier molecular flexibility index (Phi) is 6.85. The van der Waals surface area contributed by atoms with Gasteiger partial charge in [0.2, 0.25) is 15.9 Å². The molecule has 8 heteroatoms. The molecular formula is C20H22BrFN2O3S. The number of sulfonamides is 1. The molecule has 0 heterocycles. The van der Waals surface area contributed by atoms with Gasteiger partial charge in [0.15, 0.2) is 0 Å². The fourth-order valence-corrected chi connectivity index (χ4v) is 5.30. The Bertz CT molecular complexity index is 911. The quantitative estimate of drug-likeness (QED) is 0.675. The van der Waals surface area contributed by atoms with Gasteiger partial charge < -0.3 is 5.32 Å². The minimum atomic E-state index is -3.82. The average molecular weight is 469 g/mol. The lowest BCUT2D eigenvalue weighted by Crippen LogP contribution is -2.45. The summed E-state index contributed by atoms with van der Waals surface area (Å²) in [7, 11) is -3.82. The van der Waals surface area contributed by atoms with Crippen LogP contribution in [0.5, 0.6) is 0 Å². The van der Waals surface area contributed by atoms with E-state index < -0.39 is 21.7 Å². The number of rotatable bonds is 6. The molecule has 150 valence electrons. The van der Waals surface area contributed by atoms with Crippen LogP contribution in [0.25, 0.3) is 0 Å². The molecule has 28 heavy (non-hydrogen) atoms. The number of benzene rings is 2. The van der Waals surface area contributed by atoms with Crippen molar-refractivity contribution in [2.75, 3.05) is 11.9 Å². The Morgan fingerprint density at radius 1 is 1.04 bits per heavy atom. The summed E-state index contributed by atoms with van der Waals surface area (Å²) in [4.78, 5) is 12.7. The normalized spacial score (nSPS) is 15.5. The van der Waals surface area contributed by atoms with Crippen molar-refractivity contribution >= 4 is 37.5 Å². The molecule has 1 fully saturated rings. The van der Waals surface area contributed by atoms with Gasteiger partial charge in [-0.15, -0.1) is 0 Å². The van der Waals surface area contributed by atoms with E-state index in [0.717, 1.165) is 36.6 Å². The molecular weight excluding hydrogens is 447 g/mol. The van der Waals surface area contributed by atoms with E-state index in [1.165, 1.54) is 40.7 Å². The van der Waals surface area contributed by atoms with Crippen molar-refractivity contribution in [2.24, 2.45) is 0 Å². The molecule has 0 aliphatic heterocycles. The lowest BCUT2D eigenvalue weighted by Gasteiger charge is -2.33. The van der Waals surface area contributed by atoms with Crippen LogP contribution in [-0.2, 0) is 14.8 Å². The van der Waals surface area contributed by atoms with Gasteiger partial charge in [-0.1, -0.05) is 35.2 Å². The zero-order chi connectivity index (χ0) is 20.1. The van der Waals surface area contributed by atoms with Crippen LogP contribution in [0.1, 0.15) is 32.1 Å². The van der Waals surface area contributed by atoms with E-state index in [2.05, 4.69) is 21.2 Å². The molecule has 1 N–H and O–H groups in total. The topological polar surface area (TPSA) is 66.5 Å². The van der Waals surface area contributed by atoms with Gasteiger partial charge in [0.25, 0.3) is 0 Å². The SMILES string of the molecule is O=C(CN(C1CCCCC1)S(=O)(=O)c1ccc(Br)cc1)Nc1ccc(F)cc1. The third kappa shape index (κ3) is 5.18. The molecule has 0 bridgehead atoms. The fourth-order valence-electron chi connectivity index (χ4n) is 3.40. The van der Waals surface area contributed by atoms with E-state index in [9.17, 15) is 17.6 Å². The summed E-state index contributed by atoms with van der Waals surface area (Å²) in [5, 5.41) is 2.65. The van der Waals surface area contributed by atoms with Crippen LogP contribution in [0.2, 0.25) is 0 Å². The zero-order valence-corrected chi connectivity index (χ0v) is 17.7. The Hall–Kier alpha value is -1.77. The number of carbonyl (C=O) groups excluding carboxylic acids is 1. The van der Waals surface area contributed by atoms with Crippen molar-refractivity contribution in [1.29, 1.82) is 0 Å². The predicted molar refractivity (Wildman–Crippen MR) is 110 cm³/mol. The smallest absolute Gasteiger partial charge is 0.243 e. The number of nitrogens with one attached hydrogen (secondary N) is 1. The molecule has 1 amide bonds. The van der Waals surface area contributed by atoms with Crippen molar-refractivity contribution in [3.63, 3.8) is 0 Å². The maximum absolute atomic E-state index is 13.3. The second-order valence-corrected chi connectivity index (χ2v) is 9.66. The number of halogens is 2. The fraction of sp³-hybridized carbons (Fsp3) is 0.350. The molecule has 1 aliphatic rings. The summed E-state index contributed by atoms with van der Waals surface area (Å²) in [6.07, 6.45) is 4.43. The zero-order valence-electron chi connectivity index (χ0n) is 15.3. The van der Waals surface area contributed by atoms with Crippen molar-refractivity contribution in [2.45, 2.75) is 43.0 Å². The minimum Gasteiger partial charge on any atom is -0.325 e. The molecule has 0 atom stereocenters. The first-order chi connectivity index (χ1) is 13.4. The van der Waals surface area contributed by atoms with Gasteiger partial charge in [0.1, 0.15) is 5.82 Å². The van der Waals surface area contributed by atoms with Crippen molar-refractivity contribution in [3.8, 4) is 0 Å². The summed E-state index contributed by atoms with van der Waals surface area (Å²) in [6, 6.07) is 11.6. The highest BCUT2D eigenvalue weighted by Crippen LogP contribution is 2.28. The lowest BCUT2D eigenvalue weighted by atomic mass is 9.95. The van der Waals surface area contributed by atoms with Crippen molar-refractivity contribution < 1.29 is 17.6 Å². The first-order valence-corrected chi connectivity index (χ1v) is 11.4. The summed E-state index contributed by atoms with van der Waals surface area (Å²) < 4.78 is 41.7. The second kappa shape index (κ2) is 9.15. The van der Waals surface area contributed by atoms with E-state index in [4.69, 9.17) is 0 Å². The molecule has 1 saturated carbocycles. The molecule has 1 aliphatic carbocycles. The van der Waals surface area contributed by atoms with Gasteiger partial charge in [-0.2, -0.15) is 4.31 Å². The van der Waals surface area contributed by atoms with Crippen LogP contribution in [0.4, 0.5) is 10.1 Å². The van der Waals surface area contributed by atoms with E-state index >= 15 is 0 Å². The summed E-state index contributed by atoms with van der Waals surface area (Å²) in [5.74, 6) is -0.850. The van der Waals surface area contributed by atoms with Gasteiger partial charge in [0.05, 0.1) is 11.4 Å². The lowest BCUT2D eigenvalue weighted by molar-refractivity contribution is -0.116. The first-order valence-electron chi connectivity index (χ1n) is 9.19. The van der Waals surface area contributed by atoms with Crippen molar-refractivity contribution in [3.05, 3.63) is 58.8 Å². The molecule has 3 rings (SSSR count). The van der Waals surface area contributed by atoms with Crippen LogP contribution in [0, 0.1) is 5.82 Å². The van der Waals surface area contributed by atoms with Gasteiger partial charge in [-0.05, 0) is 61.4 Å². The summed E-state index contributed by atoms with van der Waals surface area (Å²) in [6.45, 7) is -0.277. The number of hydrogen-bond donors (Lipinski definition) is 1. The Morgan fingerprint density at radius 3 is 2.25 bits per heavy atom. The van der Waals surface area contributed by atoms with Gasteiger partial charge in [0, 0.05) is 16.2 Å². The molecule has 0 unspecified atom stereocenters. The number of carbonyl (C=O) groups is 1. The molecule has 2 aromatic carbocycles. The molecule has 0 spiro atoms. The van der Waals surface area contributed by atoms with Crippen LogP contribution in [0.15, 0.2) is 57.9 Å². The average Bonchev–Trinajstić information content (AvgIpc) is 2.69. The van der Waals surface area contributed by atoms with E-state index in [0.29, 0.717) is 5.69 Å². The monoisotopic (exact) mass is 468 g/mol. The molecule has 0 radical (unpaired) electrons. The highest BCUT2D eigenvalue weighted by atomic mass is 79.9. The predicted octanol–water partition coefficient (Wildman–Crippen LogP) is 4.55. The van der Waals surface area contributed by atoms with E-state index in [1.807, 2.05) is 0 Å². The molecule has 0 aromatic heterocycles. The van der Waals surface area contributed by atoms with Crippen LogP contribution < -0.4 is 5.32 Å². The maximum atomic E-state index is 13.3.